The summed E-state index contributed by atoms with van der Waals surface area (Å²) < 4.78 is 22.4. The predicted molar refractivity (Wildman–Crippen MR) is 148 cm³/mol. The lowest BCUT2D eigenvalue weighted by molar-refractivity contribution is -0.140. The Morgan fingerprint density at radius 2 is 1.23 bits per heavy atom. The molecular formula is C32H30N2O6. The van der Waals surface area contributed by atoms with Crippen molar-refractivity contribution in [1.29, 1.82) is 5.26 Å². The molecule has 3 aromatic carbocycles. The second-order valence-corrected chi connectivity index (χ2v) is 8.97. The van der Waals surface area contributed by atoms with Gasteiger partial charge >= 0.3 is 11.9 Å². The van der Waals surface area contributed by atoms with Gasteiger partial charge in [-0.2, -0.15) is 5.26 Å². The molecule has 4 rings (SSSR count). The van der Waals surface area contributed by atoms with Gasteiger partial charge in [0.15, 0.2) is 0 Å². The Bertz CT molecular complexity index is 1360. The maximum Gasteiger partial charge on any atom is 0.336 e. The number of esters is 2. The molecule has 0 aliphatic carbocycles. The van der Waals surface area contributed by atoms with Crippen LogP contribution in [0.5, 0.6) is 11.5 Å². The number of benzene rings is 3. The van der Waals surface area contributed by atoms with Gasteiger partial charge in [-0.15, -0.1) is 0 Å². The Morgan fingerprint density at radius 3 is 1.70 bits per heavy atom. The van der Waals surface area contributed by atoms with Crippen molar-refractivity contribution in [3.8, 4) is 17.6 Å². The molecule has 0 bridgehead atoms. The van der Waals surface area contributed by atoms with Crippen LogP contribution in [0.25, 0.3) is 0 Å². The average molecular weight is 539 g/mol. The van der Waals surface area contributed by atoms with E-state index < -0.39 is 17.9 Å². The molecule has 0 unspecified atom stereocenters. The Hall–Kier alpha value is -5.03. The normalized spacial score (nSPS) is 13.2. The molecule has 0 saturated carbocycles. The van der Waals surface area contributed by atoms with Crippen LogP contribution in [-0.2, 0) is 19.1 Å². The van der Waals surface area contributed by atoms with E-state index in [1.807, 2.05) is 60.7 Å². The predicted octanol–water partition coefficient (Wildman–Crippen LogP) is 5.04. The van der Waals surface area contributed by atoms with Crippen LogP contribution in [0.15, 0.2) is 107 Å². The molecule has 0 fully saturated rings. The summed E-state index contributed by atoms with van der Waals surface area (Å²) >= 11 is 0. The number of nitrogens with zero attached hydrogens (tertiary/aromatic N) is 1. The first-order chi connectivity index (χ1) is 19.5. The monoisotopic (exact) mass is 538 g/mol. The average Bonchev–Trinajstić information content (AvgIpc) is 2.98. The molecule has 0 atom stereocenters. The lowest BCUT2D eigenvalue weighted by Crippen LogP contribution is -2.33. The van der Waals surface area contributed by atoms with E-state index in [9.17, 15) is 14.9 Å². The van der Waals surface area contributed by atoms with Gasteiger partial charge in [-0.1, -0.05) is 48.5 Å². The van der Waals surface area contributed by atoms with E-state index >= 15 is 0 Å². The van der Waals surface area contributed by atoms with E-state index in [1.54, 1.807) is 38.1 Å². The van der Waals surface area contributed by atoms with E-state index in [-0.39, 0.29) is 37.6 Å². The highest BCUT2D eigenvalue weighted by atomic mass is 16.6. The zero-order chi connectivity index (χ0) is 28.3. The molecule has 1 aliphatic rings. The topological polar surface area (TPSA) is 107 Å². The first-order valence-corrected chi connectivity index (χ1v) is 12.9. The van der Waals surface area contributed by atoms with Gasteiger partial charge in [0.25, 0.3) is 0 Å². The first kappa shape index (κ1) is 28.0. The summed E-state index contributed by atoms with van der Waals surface area (Å²) in [5, 5.41) is 12.6. The summed E-state index contributed by atoms with van der Waals surface area (Å²) in [5.41, 5.74) is 2.60. The van der Waals surface area contributed by atoms with Crippen LogP contribution in [-0.4, -0.2) is 38.4 Å². The lowest BCUT2D eigenvalue weighted by Gasteiger charge is -2.30. The summed E-state index contributed by atoms with van der Waals surface area (Å²) in [6.07, 6.45) is 0. The number of hydrogen-bond donors (Lipinski definition) is 1. The van der Waals surface area contributed by atoms with Gasteiger partial charge in [0.2, 0.25) is 0 Å². The number of carbonyl (C=O) groups excluding carboxylic acids is 2. The van der Waals surface area contributed by atoms with Crippen LogP contribution in [0.4, 0.5) is 0 Å². The quantitative estimate of drug-likeness (QED) is 0.267. The number of dihydropyridines is 1. The summed E-state index contributed by atoms with van der Waals surface area (Å²) in [6, 6.07) is 27.4. The minimum absolute atomic E-state index is 0.00869. The Balaban J connectivity index is 1.51. The molecule has 0 radical (unpaired) electrons. The SMILES string of the molecule is CC1=C(C(=O)OCCOc2ccccc2)C(c2cccc(C#N)c2)C(C(=O)OCCOc2ccccc2)=C(C)N1. The molecule has 0 saturated heterocycles. The first-order valence-electron chi connectivity index (χ1n) is 12.9. The highest BCUT2D eigenvalue weighted by molar-refractivity contribution is 5.99. The third kappa shape index (κ3) is 7.08. The second kappa shape index (κ2) is 13.7. The minimum Gasteiger partial charge on any atom is -0.490 e. The van der Waals surface area contributed by atoms with E-state index in [1.165, 1.54) is 0 Å². The van der Waals surface area contributed by atoms with Crippen LogP contribution in [0, 0.1) is 11.3 Å². The number of nitriles is 1. The molecule has 0 amide bonds. The van der Waals surface area contributed by atoms with Crippen molar-refractivity contribution in [2.24, 2.45) is 0 Å². The van der Waals surface area contributed by atoms with Crippen molar-refractivity contribution in [2.45, 2.75) is 19.8 Å². The van der Waals surface area contributed by atoms with Crippen molar-refractivity contribution in [2.75, 3.05) is 26.4 Å². The summed E-state index contributed by atoms with van der Waals surface area (Å²) in [6.45, 7) is 3.84. The maximum absolute atomic E-state index is 13.4. The van der Waals surface area contributed by atoms with E-state index in [0.29, 0.717) is 34.0 Å². The van der Waals surface area contributed by atoms with Gasteiger partial charge in [-0.25, -0.2) is 9.59 Å². The third-order valence-corrected chi connectivity index (χ3v) is 6.21. The van der Waals surface area contributed by atoms with Gasteiger partial charge < -0.3 is 24.3 Å². The van der Waals surface area contributed by atoms with E-state index in [4.69, 9.17) is 18.9 Å². The minimum atomic E-state index is -0.806. The standard InChI is InChI=1S/C32H30N2O6/c1-22-28(31(35)39-18-16-37-26-12-5-3-6-13-26)30(25-11-9-10-24(20-25)21-33)29(23(2)34-22)32(36)40-19-17-38-27-14-7-4-8-15-27/h3-15,20,30,34H,16-19H2,1-2H3. The van der Waals surface area contributed by atoms with Gasteiger partial charge in [0, 0.05) is 11.4 Å². The number of carbonyl (C=O) groups is 2. The number of allylic oxidation sites excluding steroid dienone is 2. The molecule has 0 aromatic heterocycles. The van der Waals surface area contributed by atoms with Gasteiger partial charge in [-0.05, 0) is 55.8 Å². The fourth-order valence-corrected chi connectivity index (χ4v) is 4.43. The summed E-state index contributed by atoms with van der Waals surface area (Å²) in [7, 11) is 0. The molecule has 3 aromatic rings. The van der Waals surface area contributed by atoms with Crippen LogP contribution in [0.1, 0.15) is 30.9 Å². The van der Waals surface area contributed by atoms with Gasteiger partial charge in [0.1, 0.15) is 37.9 Å². The second-order valence-electron chi connectivity index (χ2n) is 8.97. The zero-order valence-electron chi connectivity index (χ0n) is 22.4. The number of ether oxygens (including phenoxy) is 4. The molecule has 1 heterocycles. The fourth-order valence-electron chi connectivity index (χ4n) is 4.43. The lowest BCUT2D eigenvalue weighted by atomic mass is 9.80. The molecule has 8 heteroatoms. The smallest absolute Gasteiger partial charge is 0.336 e. The van der Waals surface area contributed by atoms with E-state index in [0.717, 1.165) is 0 Å². The van der Waals surface area contributed by atoms with Crippen molar-refractivity contribution in [1.82, 2.24) is 5.32 Å². The van der Waals surface area contributed by atoms with Gasteiger partial charge in [-0.3, -0.25) is 0 Å². The van der Waals surface area contributed by atoms with E-state index in [2.05, 4.69) is 11.4 Å². The van der Waals surface area contributed by atoms with Crippen molar-refractivity contribution in [3.05, 3.63) is 119 Å². The highest BCUT2D eigenvalue weighted by Gasteiger charge is 2.38. The number of nitrogens with one attached hydrogen (secondary N) is 1. The molecule has 1 N–H and O–H groups in total. The molecule has 1 aliphatic heterocycles. The van der Waals surface area contributed by atoms with Crippen LogP contribution in [0.2, 0.25) is 0 Å². The number of rotatable bonds is 11. The number of para-hydroxylation sites is 2. The molecule has 40 heavy (non-hydrogen) atoms. The molecule has 8 nitrogen and oxygen atoms in total. The van der Waals surface area contributed by atoms with Crippen LogP contribution < -0.4 is 14.8 Å². The zero-order valence-corrected chi connectivity index (χ0v) is 22.4. The van der Waals surface area contributed by atoms with Crippen LogP contribution >= 0.6 is 0 Å². The van der Waals surface area contributed by atoms with Crippen molar-refractivity contribution >= 4 is 11.9 Å². The molecule has 0 spiro atoms. The van der Waals surface area contributed by atoms with Crippen molar-refractivity contribution < 1.29 is 28.5 Å². The highest BCUT2D eigenvalue weighted by Crippen LogP contribution is 2.39. The van der Waals surface area contributed by atoms with Crippen LogP contribution in [0.3, 0.4) is 0 Å². The van der Waals surface area contributed by atoms with Crippen molar-refractivity contribution in [3.63, 3.8) is 0 Å². The fraction of sp³-hybridized carbons (Fsp3) is 0.219. The largest absolute Gasteiger partial charge is 0.490 e. The summed E-state index contributed by atoms with van der Waals surface area (Å²) in [4.78, 5) is 26.8. The maximum atomic E-state index is 13.4. The molecule has 204 valence electrons. The van der Waals surface area contributed by atoms with Gasteiger partial charge in [0.05, 0.1) is 28.7 Å². The Labute approximate surface area is 233 Å². The summed E-state index contributed by atoms with van der Waals surface area (Å²) in [5.74, 6) is -0.670. The molecular weight excluding hydrogens is 508 g/mol. The Morgan fingerprint density at radius 1 is 0.725 bits per heavy atom. The number of hydrogen-bond acceptors (Lipinski definition) is 8. The third-order valence-electron chi connectivity index (χ3n) is 6.21. The Kier molecular flexibility index (Phi) is 9.57.